The van der Waals surface area contributed by atoms with Gasteiger partial charge < -0.3 is 5.73 Å². The zero-order chi connectivity index (χ0) is 7.14. The van der Waals surface area contributed by atoms with Crippen molar-refractivity contribution < 1.29 is 0 Å². The molecule has 0 aliphatic heterocycles. The number of rotatable bonds is 0. The summed E-state index contributed by atoms with van der Waals surface area (Å²) in [6.07, 6.45) is 0. The highest BCUT2D eigenvalue weighted by molar-refractivity contribution is 7.27. The Hall–Kier alpha value is -0.540. The number of hydrogen-bond donors (Lipinski definition) is 1. The Balaban J connectivity index is 2.90. The Bertz CT molecular complexity index is 358. The fourth-order valence-electron chi connectivity index (χ4n) is 0.960. The minimum Gasteiger partial charge on any atom is -0.397 e. The maximum absolute atomic E-state index is 5.71. The molecule has 0 radical (unpaired) electrons. The highest BCUT2D eigenvalue weighted by Gasteiger charge is 2.02. The van der Waals surface area contributed by atoms with Crippen LogP contribution in [0.4, 0.5) is 5.69 Å². The van der Waals surface area contributed by atoms with E-state index in [1.165, 1.54) is 14.3 Å². The number of anilines is 1. The maximum atomic E-state index is 5.71. The van der Waals surface area contributed by atoms with Crippen LogP contribution >= 0.6 is 22.7 Å². The van der Waals surface area contributed by atoms with Crippen LogP contribution in [0.1, 0.15) is 4.88 Å². The van der Waals surface area contributed by atoms with E-state index in [9.17, 15) is 0 Å². The van der Waals surface area contributed by atoms with E-state index in [-0.39, 0.29) is 0 Å². The van der Waals surface area contributed by atoms with Crippen molar-refractivity contribution in [3.05, 3.63) is 16.3 Å². The van der Waals surface area contributed by atoms with Gasteiger partial charge in [-0.3, -0.25) is 0 Å². The van der Waals surface area contributed by atoms with Gasteiger partial charge in [-0.15, -0.1) is 22.7 Å². The molecule has 3 heteroatoms. The molecule has 0 atom stereocenters. The average Bonchev–Trinajstić information content (AvgIpc) is 2.35. The lowest BCUT2D eigenvalue weighted by molar-refractivity contribution is 1.66. The van der Waals surface area contributed by atoms with E-state index in [2.05, 4.69) is 13.0 Å². The van der Waals surface area contributed by atoms with Crippen molar-refractivity contribution in [3.8, 4) is 0 Å². The molecule has 52 valence electrons. The Morgan fingerprint density at radius 1 is 1.50 bits per heavy atom. The van der Waals surface area contributed by atoms with Crippen LogP contribution in [0.2, 0.25) is 0 Å². The SMILES string of the molecule is Cc1cc2scc(N)c2s1. The summed E-state index contributed by atoms with van der Waals surface area (Å²) < 4.78 is 2.57. The molecule has 2 rings (SSSR count). The summed E-state index contributed by atoms with van der Waals surface area (Å²) in [5.74, 6) is 0. The van der Waals surface area contributed by atoms with E-state index >= 15 is 0 Å². The van der Waals surface area contributed by atoms with Crippen LogP contribution in [0.5, 0.6) is 0 Å². The van der Waals surface area contributed by atoms with Gasteiger partial charge in [0.25, 0.3) is 0 Å². The molecule has 1 nitrogen and oxygen atoms in total. The van der Waals surface area contributed by atoms with E-state index in [1.54, 1.807) is 22.7 Å². The predicted molar refractivity (Wildman–Crippen MR) is 48.9 cm³/mol. The first-order valence-electron chi connectivity index (χ1n) is 3.00. The molecule has 0 spiro atoms. The van der Waals surface area contributed by atoms with Gasteiger partial charge in [-0.2, -0.15) is 0 Å². The Morgan fingerprint density at radius 2 is 2.30 bits per heavy atom. The minimum absolute atomic E-state index is 0.929. The minimum atomic E-state index is 0.929. The third kappa shape index (κ3) is 0.744. The van der Waals surface area contributed by atoms with E-state index in [0.29, 0.717) is 0 Å². The lowest BCUT2D eigenvalue weighted by atomic mass is 10.4. The number of thiophene rings is 2. The molecule has 2 N–H and O–H groups in total. The molecule has 0 fully saturated rings. The number of nitrogens with two attached hydrogens (primary N) is 1. The summed E-state index contributed by atoms with van der Waals surface area (Å²) in [7, 11) is 0. The van der Waals surface area contributed by atoms with Crippen molar-refractivity contribution in [1.82, 2.24) is 0 Å². The lowest BCUT2D eigenvalue weighted by Gasteiger charge is -1.79. The quantitative estimate of drug-likeness (QED) is 0.644. The zero-order valence-electron chi connectivity index (χ0n) is 5.55. The number of fused-ring (bicyclic) bond motifs is 1. The molecule has 0 saturated heterocycles. The number of hydrogen-bond acceptors (Lipinski definition) is 3. The van der Waals surface area contributed by atoms with Crippen LogP contribution in [0.25, 0.3) is 9.40 Å². The van der Waals surface area contributed by atoms with Gasteiger partial charge in [-0.05, 0) is 13.0 Å². The predicted octanol–water partition coefficient (Wildman–Crippen LogP) is 2.85. The summed E-state index contributed by atoms with van der Waals surface area (Å²) in [6.45, 7) is 2.11. The molecule has 0 aliphatic carbocycles. The summed E-state index contributed by atoms with van der Waals surface area (Å²) >= 11 is 3.49. The molecular weight excluding hydrogens is 162 g/mol. The van der Waals surface area contributed by atoms with Crippen LogP contribution in [0.3, 0.4) is 0 Å². The molecule has 0 aliphatic rings. The third-order valence-corrected chi connectivity index (χ3v) is 3.57. The first-order valence-corrected chi connectivity index (χ1v) is 4.70. The maximum Gasteiger partial charge on any atom is 0.0683 e. The van der Waals surface area contributed by atoms with Crippen molar-refractivity contribution in [2.75, 3.05) is 5.73 Å². The van der Waals surface area contributed by atoms with Crippen molar-refractivity contribution >= 4 is 37.8 Å². The lowest BCUT2D eigenvalue weighted by Crippen LogP contribution is -1.76. The molecule has 10 heavy (non-hydrogen) atoms. The topological polar surface area (TPSA) is 26.0 Å². The summed E-state index contributed by atoms with van der Waals surface area (Å²) in [5.41, 5.74) is 6.64. The van der Waals surface area contributed by atoms with Crippen LogP contribution < -0.4 is 5.73 Å². The van der Waals surface area contributed by atoms with Crippen molar-refractivity contribution in [2.45, 2.75) is 6.92 Å². The van der Waals surface area contributed by atoms with Crippen LogP contribution in [-0.4, -0.2) is 0 Å². The molecule has 0 bridgehead atoms. The van der Waals surface area contributed by atoms with E-state index in [4.69, 9.17) is 5.73 Å². The molecule has 0 amide bonds. The van der Waals surface area contributed by atoms with E-state index in [1.807, 2.05) is 5.38 Å². The van der Waals surface area contributed by atoms with Gasteiger partial charge in [0.1, 0.15) is 0 Å². The molecule has 2 aromatic heterocycles. The van der Waals surface area contributed by atoms with E-state index in [0.717, 1.165) is 5.69 Å². The molecule has 2 aromatic rings. The van der Waals surface area contributed by atoms with Gasteiger partial charge in [0.15, 0.2) is 0 Å². The van der Waals surface area contributed by atoms with Gasteiger partial charge in [-0.1, -0.05) is 0 Å². The van der Waals surface area contributed by atoms with Crippen molar-refractivity contribution in [3.63, 3.8) is 0 Å². The van der Waals surface area contributed by atoms with E-state index < -0.39 is 0 Å². The van der Waals surface area contributed by atoms with Gasteiger partial charge in [-0.25, -0.2) is 0 Å². The van der Waals surface area contributed by atoms with Crippen molar-refractivity contribution in [1.29, 1.82) is 0 Å². The standard InChI is InChI=1S/C7H7NS2/c1-4-2-6-7(10-4)5(8)3-9-6/h2-3H,8H2,1H3. The second-order valence-electron chi connectivity index (χ2n) is 2.24. The molecular formula is C7H7NS2. The highest BCUT2D eigenvalue weighted by atomic mass is 32.1. The van der Waals surface area contributed by atoms with Crippen molar-refractivity contribution in [2.24, 2.45) is 0 Å². The van der Waals surface area contributed by atoms with Gasteiger partial charge in [0.2, 0.25) is 0 Å². The Morgan fingerprint density at radius 3 is 3.00 bits per heavy atom. The smallest absolute Gasteiger partial charge is 0.0683 e. The largest absolute Gasteiger partial charge is 0.397 e. The Kier molecular flexibility index (Phi) is 1.22. The first-order chi connectivity index (χ1) is 4.77. The van der Waals surface area contributed by atoms with Crippen LogP contribution in [0, 0.1) is 6.92 Å². The van der Waals surface area contributed by atoms with Gasteiger partial charge in [0, 0.05) is 15.0 Å². The average molecular weight is 169 g/mol. The summed E-state index contributed by atoms with van der Waals surface area (Å²) in [6, 6.07) is 2.18. The Labute approximate surface area is 67.1 Å². The third-order valence-electron chi connectivity index (χ3n) is 1.40. The first kappa shape index (κ1) is 6.19. The molecule has 2 heterocycles. The number of nitrogen functional groups attached to an aromatic ring is 1. The van der Waals surface area contributed by atoms with Crippen LogP contribution in [-0.2, 0) is 0 Å². The second-order valence-corrected chi connectivity index (χ2v) is 4.41. The highest BCUT2D eigenvalue weighted by Crippen LogP contribution is 2.34. The zero-order valence-corrected chi connectivity index (χ0v) is 7.18. The molecule has 0 saturated carbocycles. The number of aryl methyl sites for hydroxylation is 1. The van der Waals surface area contributed by atoms with Gasteiger partial charge >= 0.3 is 0 Å². The fourth-order valence-corrected chi connectivity index (χ4v) is 3.06. The summed E-state index contributed by atoms with van der Waals surface area (Å²) in [5, 5.41) is 2.00. The fraction of sp³-hybridized carbons (Fsp3) is 0.143. The normalized spacial score (nSPS) is 10.9. The van der Waals surface area contributed by atoms with Crippen LogP contribution in [0.15, 0.2) is 11.4 Å². The second kappa shape index (κ2) is 1.97. The molecule has 0 unspecified atom stereocenters. The molecule has 0 aromatic carbocycles. The monoisotopic (exact) mass is 169 g/mol. The van der Waals surface area contributed by atoms with Gasteiger partial charge in [0.05, 0.1) is 10.4 Å². The summed E-state index contributed by atoms with van der Waals surface area (Å²) in [4.78, 5) is 1.34.